The highest BCUT2D eigenvalue weighted by Gasteiger charge is 2.28. The van der Waals surface area contributed by atoms with Gasteiger partial charge in [-0.1, -0.05) is 19.3 Å². The van der Waals surface area contributed by atoms with Crippen LogP contribution in [0.3, 0.4) is 0 Å². The normalized spacial score (nSPS) is 37.6. The van der Waals surface area contributed by atoms with Crippen LogP contribution in [0, 0.1) is 0 Å². The molecule has 0 aromatic heterocycles. The summed E-state index contributed by atoms with van der Waals surface area (Å²) in [5, 5.41) is 9.88. The molecule has 2 fully saturated rings. The molecule has 1 saturated heterocycles. The number of likely N-dealkylation sites (tertiary alicyclic amines) is 1. The summed E-state index contributed by atoms with van der Waals surface area (Å²) >= 11 is 0. The highest BCUT2D eigenvalue weighted by atomic mass is 16.3. The SMILES string of the molecule is O[C@H]1CCCC[C@@H]1N1CCCCC1. The van der Waals surface area contributed by atoms with Crippen LogP contribution in [0.4, 0.5) is 0 Å². The molecule has 1 heterocycles. The van der Waals surface area contributed by atoms with E-state index in [4.69, 9.17) is 0 Å². The molecule has 1 aliphatic carbocycles. The Morgan fingerprint density at radius 2 is 1.54 bits per heavy atom. The Balaban J connectivity index is 1.88. The first-order chi connectivity index (χ1) is 6.38. The van der Waals surface area contributed by atoms with E-state index in [9.17, 15) is 5.11 Å². The van der Waals surface area contributed by atoms with E-state index in [1.54, 1.807) is 0 Å². The van der Waals surface area contributed by atoms with E-state index >= 15 is 0 Å². The molecule has 0 amide bonds. The van der Waals surface area contributed by atoms with E-state index in [2.05, 4.69) is 4.90 Å². The molecule has 2 atom stereocenters. The van der Waals surface area contributed by atoms with Gasteiger partial charge >= 0.3 is 0 Å². The van der Waals surface area contributed by atoms with Crippen molar-refractivity contribution in [2.24, 2.45) is 0 Å². The third kappa shape index (κ3) is 2.23. The molecule has 1 saturated carbocycles. The Morgan fingerprint density at radius 1 is 0.846 bits per heavy atom. The minimum atomic E-state index is -0.0353. The second kappa shape index (κ2) is 4.43. The van der Waals surface area contributed by atoms with Gasteiger partial charge in [-0.25, -0.2) is 0 Å². The summed E-state index contributed by atoms with van der Waals surface area (Å²) in [4.78, 5) is 2.52. The van der Waals surface area contributed by atoms with Crippen molar-refractivity contribution in [2.75, 3.05) is 13.1 Å². The van der Waals surface area contributed by atoms with Crippen molar-refractivity contribution in [3.63, 3.8) is 0 Å². The third-order valence-corrected chi connectivity index (χ3v) is 3.55. The van der Waals surface area contributed by atoms with Gasteiger partial charge in [-0.2, -0.15) is 0 Å². The van der Waals surface area contributed by atoms with E-state index in [1.807, 2.05) is 0 Å². The summed E-state index contributed by atoms with van der Waals surface area (Å²) in [6.07, 6.45) is 8.82. The summed E-state index contributed by atoms with van der Waals surface area (Å²) < 4.78 is 0. The predicted molar refractivity (Wildman–Crippen MR) is 53.7 cm³/mol. The van der Waals surface area contributed by atoms with Gasteiger partial charge in [0.15, 0.2) is 0 Å². The summed E-state index contributed by atoms with van der Waals surface area (Å²) in [5.41, 5.74) is 0. The van der Waals surface area contributed by atoms with Gasteiger partial charge in [0.05, 0.1) is 6.10 Å². The first-order valence-electron chi connectivity index (χ1n) is 5.80. The van der Waals surface area contributed by atoms with Crippen molar-refractivity contribution < 1.29 is 5.11 Å². The van der Waals surface area contributed by atoms with Crippen molar-refractivity contribution in [1.82, 2.24) is 4.90 Å². The predicted octanol–water partition coefficient (Wildman–Crippen LogP) is 1.78. The van der Waals surface area contributed by atoms with E-state index in [-0.39, 0.29) is 6.10 Å². The molecule has 0 radical (unpaired) electrons. The van der Waals surface area contributed by atoms with Crippen LogP contribution >= 0.6 is 0 Å². The highest BCUT2D eigenvalue weighted by Crippen LogP contribution is 2.25. The second-order valence-electron chi connectivity index (χ2n) is 4.52. The van der Waals surface area contributed by atoms with Crippen molar-refractivity contribution >= 4 is 0 Å². The average molecular weight is 183 g/mol. The van der Waals surface area contributed by atoms with E-state index in [0.29, 0.717) is 6.04 Å². The minimum absolute atomic E-state index is 0.0353. The maximum absolute atomic E-state index is 9.88. The van der Waals surface area contributed by atoms with Crippen LogP contribution in [0.1, 0.15) is 44.9 Å². The summed E-state index contributed by atoms with van der Waals surface area (Å²) in [6, 6.07) is 0.494. The summed E-state index contributed by atoms with van der Waals surface area (Å²) in [5.74, 6) is 0. The van der Waals surface area contributed by atoms with E-state index in [0.717, 1.165) is 6.42 Å². The summed E-state index contributed by atoms with van der Waals surface area (Å²) in [7, 11) is 0. The molecule has 0 spiro atoms. The molecule has 76 valence electrons. The molecular weight excluding hydrogens is 162 g/mol. The zero-order valence-corrected chi connectivity index (χ0v) is 8.41. The molecule has 2 rings (SSSR count). The molecule has 2 nitrogen and oxygen atoms in total. The van der Waals surface area contributed by atoms with Gasteiger partial charge in [0.2, 0.25) is 0 Å². The number of aliphatic hydroxyl groups excluding tert-OH is 1. The second-order valence-corrected chi connectivity index (χ2v) is 4.52. The monoisotopic (exact) mass is 183 g/mol. The van der Waals surface area contributed by atoms with Crippen LogP contribution < -0.4 is 0 Å². The Morgan fingerprint density at radius 3 is 2.23 bits per heavy atom. The first kappa shape index (κ1) is 9.47. The molecular formula is C11H21NO. The topological polar surface area (TPSA) is 23.5 Å². The molecule has 2 heteroatoms. The van der Waals surface area contributed by atoms with Gasteiger partial charge in [0, 0.05) is 6.04 Å². The summed E-state index contributed by atoms with van der Waals surface area (Å²) in [6.45, 7) is 2.45. The maximum atomic E-state index is 9.88. The van der Waals surface area contributed by atoms with Gasteiger partial charge in [0.25, 0.3) is 0 Å². The molecule has 13 heavy (non-hydrogen) atoms. The zero-order chi connectivity index (χ0) is 9.10. The van der Waals surface area contributed by atoms with Crippen LogP contribution in [0.5, 0.6) is 0 Å². The molecule has 0 aromatic carbocycles. The van der Waals surface area contributed by atoms with Gasteiger partial charge < -0.3 is 5.11 Å². The fourth-order valence-corrected chi connectivity index (χ4v) is 2.77. The lowest BCUT2D eigenvalue weighted by Crippen LogP contribution is -2.47. The van der Waals surface area contributed by atoms with Crippen LogP contribution in [-0.4, -0.2) is 35.2 Å². The first-order valence-corrected chi connectivity index (χ1v) is 5.80. The fourth-order valence-electron chi connectivity index (χ4n) is 2.77. The molecule has 0 unspecified atom stereocenters. The van der Waals surface area contributed by atoms with E-state index < -0.39 is 0 Å². The van der Waals surface area contributed by atoms with Crippen molar-refractivity contribution in [3.05, 3.63) is 0 Å². The van der Waals surface area contributed by atoms with Crippen LogP contribution in [-0.2, 0) is 0 Å². The lowest BCUT2D eigenvalue weighted by atomic mass is 9.90. The number of aliphatic hydroxyl groups is 1. The Hall–Kier alpha value is -0.0800. The zero-order valence-electron chi connectivity index (χ0n) is 8.41. The van der Waals surface area contributed by atoms with Crippen molar-refractivity contribution in [2.45, 2.75) is 57.1 Å². The van der Waals surface area contributed by atoms with Crippen LogP contribution in [0.15, 0.2) is 0 Å². The number of piperidine rings is 1. The van der Waals surface area contributed by atoms with Gasteiger partial charge in [-0.3, -0.25) is 4.90 Å². The number of nitrogens with zero attached hydrogens (tertiary/aromatic N) is 1. The lowest BCUT2D eigenvalue weighted by molar-refractivity contribution is 0.0113. The molecule has 1 N–H and O–H groups in total. The lowest BCUT2D eigenvalue weighted by Gasteiger charge is -2.39. The molecule has 1 aliphatic heterocycles. The Kier molecular flexibility index (Phi) is 3.23. The molecule has 0 bridgehead atoms. The van der Waals surface area contributed by atoms with Gasteiger partial charge in [-0.15, -0.1) is 0 Å². The Bertz CT molecular complexity index is 154. The number of rotatable bonds is 1. The van der Waals surface area contributed by atoms with Crippen LogP contribution in [0.2, 0.25) is 0 Å². The standard InChI is InChI=1S/C11H21NO/c13-11-7-3-2-6-10(11)12-8-4-1-5-9-12/h10-11,13H,1-9H2/t10-,11-/m0/s1. The largest absolute Gasteiger partial charge is 0.391 e. The third-order valence-electron chi connectivity index (χ3n) is 3.55. The number of hydrogen-bond acceptors (Lipinski definition) is 2. The van der Waals surface area contributed by atoms with E-state index in [1.165, 1.54) is 51.6 Å². The fraction of sp³-hybridized carbons (Fsp3) is 1.00. The average Bonchev–Trinajstić information content (AvgIpc) is 2.20. The molecule has 0 aromatic rings. The van der Waals surface area contributed by atoms with Crippen LogP contribution in [0.25, 0.3) is 0 Å². The van der Waals surface area contributed by atoms with Crippen molar-refractivity contribution in [3.8, 4) is 0 Å². The van der Waals surface area contributed by atoms with Gasteiger partial charge in [0.1, 0.15) is 0 Å². The quantitative estimate of drug-likeness (QED) is 0.670. The molecule has 2 aliphatic rings. The van der Waals surface area contributed by atoms with Gasteiger partial charge in [-0.05, 0) is 38.8 Å². The maximum Gasteiger partial charge on any atom is 0.0695 e. The minimum Gasteiger partial charge on any atom is -0.391 e. The van der Waals surface area contributed by atoms with Crippen molar-refractivity contribution in [1.29, 1.82) is 0 Å². The Labute approximate surface area is 80.9 Å². The number of hydrogen-bond donors (Lipinski definition) is 1. The smallest absolute Gasteiger partial charge is 0.0695 e. The highest BCUT2D eigenvalue weighted by molar-refractivity contribution is 4.84.